The zero-order chi connectivity index (χ0) is 18.2. The molecule has 0 bridgehead atoms. The van der Waals surface area contributed by atoms with Gasteiger partial charge in [-0.3, -0.25) is 4.90 Å². The SMILES string of the molecule is N#Cc1ccc(CN2CCN(C(=O)NCCC3=CCCCC3)CC2)cc1. The van der Waals surface area contributed by atoms with Gasteiger partial charge in [0, 0.05) is 39.3 Å². The second-order valence-corrected chi connectivity index (χ2v) is 7.16. The summed E-state index contributed by atoms with van der Waals surface area (Å²) in [5, 5.41) is 11.9. The molecular weight excluding hydrogens is 324 g/mol. The zero-order valence-electron chi connectivity index (χ0n) is 15.4. The first-order valence-electron chi connectivity index (χ1n) is 9.66. The van der Waals surface area contributed by atoms with Crippen molar-refractivity contribution in [3.63, 3.8) is 0 Å². The largest absolute Gasteiger partial charge is 0.338 e. The molecule has 5 nitrogen and oxygen atoms in total. The van der Waals surface area contributed by atoms with E-state index in [2.05, 4.69) is 22.4 Å². The number of hydrogen-bond acceptors (Lipinski definition) is 3. The summed E-state index contributed by atoms with van der Waals surface area (Å²) in [6, 6.07) is 9.96. The molecule has 0 spiro atoms. The van der Waals surface area contributed by atoms with Crippen molar-refractivity contribution in [1.29, 1.82) is 5.26 Å². The Bertz CT molecular complexity index is 666. The maximum absolute atomic E-state index is 12.3. The van der Waals surface area contributed by atoms with Gasteiger partial charge in [-0.1, -0.05) is 23.8 Å². The van der Waals surface area contributed by atoms with Gasteiger partial charge in [0.05, 0.1) is 11.6 Å². The van der Waals surface area contributed by atoms with Crippen molar-refractivity contribution in [3.8, 4) is 6.07 Å². The zero-order valence-corrected chi connectivity index (χ0v) is 15.4. The lowest BCUT2D eigenvalue weighted by molar-refractivity contribution is 0.135. The molecule has 2 amide bonds. The predicted molar refractivity (Wildman–Crippen MR) is 103 cm³/mol. The van der Waals surface area contributed by atoms with Gasteiger partial charge in [-0.05, 0) is 49.8 Å². The van der Waals surface area contributed by atoms with E-state index >= 15 is 0 Å². The molecule has 0 aromatic heterocycles. The highest BCUT2D eigenvalue weighted by Gasteiger charge is 2.20. The summed E-state index contributed by atoms with van der Waals surface area (Å²) in [6.07, 6.45) is 8.33. The predicted octanol–water partition coefficient (Wildman–Crippen LogP) is 3.28. The lowest BCUT2D eigenvalue weighted by Gasteiger charge is -2.34. The average Bonchev–Trinajstić information content (AvgIpc) is 2.70. The van der Waals surface area contributed by atoms with E-state index in [9.17, 15) is 4.79 Å². The quantitative estimate of drug-likeness (QED) is 0.828. The van der Waals surface area contributed by atoms with Gasteiger partial charge >= 0.3 is 6.03 Å². The number of carbonyl (C=O) groups is 1. The minimum Gasteiger partial charge on any atom is -0.338 e. The van der Waals surface area contributed by atoms with E-state index in [1.54, 1.807) is 0 Å². The van der Waals surface area contributed by atoms with Crippen molar-refractivity contribution in [2.45, 2.75) is 38.6 Å². The van der Waals surface area contributed by atoms with Crippen molar-refractivity contribution in [1.82, 2.24) is 15.1 Å². The summed E-state index contributed by atoms with van der Waals surface area (Å²) >= 11 is 0. The topological polar surface area (TPSA) is 59.4 Å². The second kappa shape index (κ2) is 9.40. The average molecular weight is 352 g/mol. The molecule has 26 heavy (non-hydrogen) atoms. The summed E-state index contributed by atoms with van der Waals surface area (Å²) in [4.78, 5) is 16.6. The number of allylic oxidation sites excluding steroid dienone is 1. The van der Waals surface area contributed by atoms with Crippen LogP contribution in [0.15, 0.2) is 35.9 Å². The number of benzene rings is 1. The molecule has 1 heterocycles. The maximum Gasteiger partial charge on any atom is 0.317 e. The number of amides is 2. The molecule has 1 aliphatic carbocycles. The molecule has 2 aliphatic rings. The van der Waals surface area contributed by atoms with Crippen LogP contribution in [0.5, 0.6) is 0 Å². The van der Waals surface area contributed by atoms with E-state index in [1.807, 2.05) is 29.2 Å². The van der Waals surface area contributed by atoms with Gasteiger partial charge in [0.2, 0.25) is 0 Å². The van der Waals surface area contributed by atoms with Crippen LogP contribution in [0.4, 0.5) is 4.79 Å². The number of carbonyl (C=O) groups excluding carboxylic acids is 1. The molecule has 0 atom stereocenters. The number of urea groups is 1. The van der Waals surface area contributed by atoms with Crippen molar-refractivity contribution in [2.24, 2.45) is 0 Å². The molecule has 0 radical (unpaired) electrons. The Hall–Kier alpha value is -2.32. The summed E-state index contributed by atoms with van der Waals surface area (Å²) in [6.45, 7) is 4.93. The summed E-state index contributed by atoms with van der Waals surface area (Å²) < 4.78 is 0. The number of nitriles is 1. The Morgan fingerprint density at radius 3 is 2.54 bits per heavy atom. The van der Waals surface area contributed by atoms with Crippen LogP contribution >= 0.6 is 0 Å². The second-order valence-electron chi connectivity index (χ2n) is 7.16. The van der Waals surface area contributed by atoms with Crippen LogP contribution in [0.1, 0.15) is 43.2 Å². The van der Waals surface area contributed by atoms with E-state index in [0.29, 0.717) is 5.56 Å². The molecule has 1 fully saturated rings. The molecule has 1 saturated heterocycles. The van der Waals surface area contributed by atoms with Crippen molar-refractivity contribution < 1.29 is 4.79 Å². The normalized spacial score (nSPS) is 18.1. The van der Waals surface area contributed by atoms with Gasteiger partial charge in [0.15, 0.2) is 0 Å². The van der Waals surface area contributed by atoms with Crippen molar-refractivity contribution in [2.75, 3.05) is 32.7 Å². The van der Waals surface area contributed by atoms with Crippen LogP contribution in [0.3, 0.4) is 0 Å². The van der Waals surface area contributed by atoms with E-state index < -0.39 is 0 Å². The van der Waals surface area contributed by atoms with Gasteiger partial charge in [-0.15, -0.1) is 0 Å². The van der Waals surface area contributed by atoms with Crippen molar-refractivity contribution >= 4 is 6.03 Å². The monoisotopic (exact) mass is 352 g/mol. The fourth-order valence-electron chi connectivity index (χ4n) is 3.63. The fourth-order valence-corrected chi connectivity index (χ4v) is 3.63. The van der Waals surface area contributed by atoms with Gasteiger partial charge in [0.25, 0.3) is 0 Å². The minimum absolute atomic E-state index is 0.0689. The number of piperazine rings is 1. The van der Waals surface area contributed by atoms with Crippen LogP contribution in [0.2, 0.25) is 0 Å². The number of nitrogens with zero attached hydrogens (tertiary/aromatic N) is 3. The Morgan fingerprint density at radius 2 is 1.88 bits per heavy atom. The van der Waals surface area contributed by atoms with E-state index in [1.165, 1.54) is 36.8 Å². The van der Waals surface area contributed by atoms with Gasteiger partial charge in [0.1, 0.15) is 0 Å². The molecule has 138 valence electrons. The van der Waals surface area contributed by atoms with Crippen molar-refractivity contribution in [3.05, 3.63) is 47.0 Å². The maximum atomic E-state index is 12.3. The highest BCUT2D eigenvalue weighted by molar-refractivity contribution is 5.74. The number of nitrogens with one attached hydrogen (secondary N) is 1. The van der Waals surface area contributed by atoms with Crippen LogP contribution in [0.25, 0.3) is 0 Å². The van der Waals surface area contributed by atoms with Crippen LogP contribution in [-0.2, 0) is 6.54 Å². The third-order valence-corrected chi connectivity index (χ3v) is 5.26. The molecule has 0 saturated carbocycles. The molecule has 5 heteroatoms. The Kier molecular flexibility index (Phi) is 6.68. The summed E-state index contributed by atoms with van der Waals surface area (Å²) in [5.74, 6) is 0. The first kappa shape index (κ1) is 18.5. The van der Waals surface area contributed by atoms with Gasteiger partial charge < -0.3 is 10.2 Å². The fraction of sp³-hybridized carbons (Fsp3) is 0.524. The Balaban J connectivity index is 1.36. The van der Waals surface area contributed by atoms with E-state index in [0.717, 1.165) is 45.7 Å². The third kappa shape index (κ3) is 5.34. The first-order chi connectivity index (χ1) is 12.7. The molecule has 0 unspecified atom stereocenters. The summed E-state index contributed by atoms with van der Waals surface area (Å²) in [5.41, 5.74) is 3.41. The van der Waals surface area contributed by atoms with E-state index in [-0.39, 0.29) is 6.03 Å². The van der Waals surface area contributed by atoms with Crippen LogP contribution < -0.4 is 5.32 Å². The highest BCUT2D eigenvalue weighted by Crippen LogP contribution is 2.19. The molecule has 1 aromatic carbocycles. The van der Waals surface area contributed by atoms with Crippen LogP contribution in [0, 0.1) is 11.3 Å². The number of hydrogen-bond donors (Lipinski definition) is 1. The van der Waals surface area contributed by atoms with Gasteiger partial charge in [-0.2, -0.15) is 5.26 Å². The molecule has 1 N–H and O–H groups in total. The highest BCUT2D eigenvalue weighted by atomic mass is 16.2. The summed E-state index contributed by atoms with van der Waals surface area (Å²) in [7, 11) is 0. The lowest BCUT2D eigenvalue weighted by Crippen LogP contribution is -2.51. The third-order valence-electron chi connectivity index (χ3n) is 5.26. The minimum atomic E-state index is 0.0689. The first-order valence-corrected chi connectivity index (χ1v) is 9.66. The number of rotatable bonds is 5. The molecule has 1 aliphatic heterocycles. The lowest BCUT2D eigenvalue weighted by atomic mass is 9.97. The molecule has 3 rings (SSSR count). The van der Waals surface area contributed by atoms with E-state index in [4.69, 9.17) is 5.26 Å². The van der Waals surface area contributed by atoms with Crippen LogP contribution in [-0.4, -0.2) is 48.6 Å². The Morgan fingerprint density at radius 1 is 1.12 bits per heavy atom. The standard InChI is InChI=1S/C21H28N4O/c22-16-19-6-8-20(9-7-19)17-24-12-14-25(15-13-24)21(26)23-11-10-18-4-2-1-3-5-18/h4,6-9H,1-3,5,10-15,17H2,(H,23,26). The molecular formula is C21H28N4O. The molecule has 1 aromatic rings. The van der Waals surface area contributed by atoms with Gasteiger partial charge in [-0.25, -0.2) is 4.79 Å². The Labute approximate surface area is 156 Å². The smallest absolute Gasteiger partial charge is 0.317 e.